The Labute approximate surface area is 433 Å². The van der Waals surface area contributed by atoms with Gasteiger partial charge in [-0.15, -0.1) is 11.6 Å². The summed E-state index contributed by atoms with van der Waals surface area (Å²) in [4.78, 5) is 20.2. The van der Waals surface area contributed by atoms with Gasteiger partial charge in [-0.1, -0.05) is 22.9 Å². The number of halogens is 2. The van der Waals surface area contributed by atoms with Crippen molar-refractivity contribution in [3.63, 3.8) is 0 Å². The Morgan fingerprint density at radius 1 is 0.772 bits per heavy atom. The van der Waals surface area contributed by atoms with E-state index in [1.807, 2.05) is 0 Å². The molecule has 0 aliphatic heterocycles. The topological polar surface area (TPSA) is 344 Å². The summed E-state index contributed by atoms with van der Waals surface area (Å²) in [7, 11) is -15.6. The van der Waals surface area contributed by atoms with E-state index in [9.17, 15) is 53.9 Å². The largest absolute Gasteiger partial charge is 2.00 e. The Kier molecular flexibility index (Phi) is 24.8. The third-order valence-corrected chi connectivity index (χ3v) is 8.93. The smallest absolute Gasteiger partial charge is 0.870 e. The van der Waals surface area contributed by atoms with E-state index in [0.29, 0.717) is 30.3 Å². The van der Waals surface area contributed by atoms with Crippen molar-refractivity contribution in [2.45, 2.75) is 34.6 Å². The van der Waals surface area contributed by atoms with E-state index in [-0.39, 0.29) is 146 Å². The van der Waals surface area contributed by atoms with Crippen LogP contribution in [0.25, 0.3) is 0 Å². The fourth-order valence-electron chi connectivity index (χ4n) is 3.75. The van der Waals surface area contributed by atoms with Gasteiger partial charge in [-0.25, -0.2) is 25.3 Å². The molecule has 0 saturated heterocycles. The minimum atomic E-state index is -5.31. The van der Waals surface area contributed by atoms with Crippen LogP contribution in [0, 0.1) is 6.17 Å². The molecule has 21 nitrogen and oxygen atoms in total. The Bertz CT molecular complexity index is 2500. The van der Waals surface area contributed by atoms with Crippen LogP contribution in [0.15, 0.2) is 83.7 Å². The molecular formula is C26H16Cl2CuN8Na4O13S3. The van der Waals surface area contributed by atoms with Gasteiger partial charge < -0.3 is 38.7 Å². The van der Waals surface area contributed by atoms with Gasteiger partial charge in [0.25, 0.3) is 0 Å². The molecule has 0 amide bonds. The van der Waals surface area contributed by atoms with Crippen LogP contribution in [0.5, 0.6) is 11.8 Å². The third-order valence-electron chi connectivity index (χ3n) is 5.96. The number of ether oxygens (including phenoxy) is 1. The van der Waals surface area contributed by atoms with Gasteiger partial charge in [0.2, 0.25) is 11.2 Å². The van der Waals surface area contributed by atoms with Gasteiger partial charge in [0.05, 0.1) is 39.4 Å². The van der Waals surface area contributed by atoms with E-state index in [0.717, 1.165) is 18.2 Å². The molecule has 31 heteroatoms. The first-order valence-corrected chi connectivity index (χ1v) is 18.4. The summed E-state index contributed by atoms with van der Waals surface area (Å²) < 4.78 is 111. The number of aromatic nitrogens is 3. The molecule has 0 aliphatic carbocycles. The molecule has 0 atom stereocenters. The number of hydrogen-bond donors (Lipinski definition) is 1. The van der Waals surface area contributed by atoms with Gasteiger partial charge in [0.15, 0.2) is 0 Å². The minimum Gasteiger partial charge on any atom is -0.870 e. The second-order valence-electron chi connectivity index (χ2n) is 10.0. The predicted molar refractivity (Wildman–Crippen MR) is 167 cm³/mol. The van der Waals surface area contributed by atoms with E-state index >= 15 is 0 Å². The van der Waals surface area contributed by atoms with E-state index in [4.69, 9.17) is 27.9 Å². The molecule has 4 rings (SSSR count). The zero-order valence-electron chi connectivity index (χ0n) is 29.9. The van der Waals surface area contributed by atoms with Crippen molar-refractivity contribution in [3.05, 3.63) is 76.1 Å². The molecular weight excluding hydrogens is 955 g/mol. The number of benzene rings is 3. The summed E-state index contributed by atoms with van der Waals surface area (Å²) in [5.41, 5.74) is -3.72. The molecule has 0 bridgehead atoms. The molecule has 57 heavy (non-hydrogen) atoms. The van der Waals surface area contributed by atoms with Crippen LogP contribution >= 0.6 is 23.2 Å². The van der Waals surface area contributed by atoms with Crippen LogP contribution in [0.4, 0.5) is 23.0 Å². The molecule has 4 aromatic rings. The number of carbonyl (C=O) groups is 1. The molecule has 0 unspecified atom stereocenters. The third kappa shape index (κ3) is 16.7. The Balaban J connectivity index is 0. The van der Waals surface area contributed by atoms with Gasteiger partial charge in [-0.3, -0.25) is 0 Å². The van der Waals surface area contributed by atoms with Crippen LogP contribution in [0.2, 0.25) is 10.3 Å². The fourth-order valence-corrected chi connectivity index (χ4v) is 5.62. The molecule has 1 radical (unpaired) electrons. The van der Waals surface area contributed by atoms with Gasteiger partial charge >= 0.3 is 141 Å². The minimum absolute atomic E-state index is 0. The zero-order chi connectivity index (χ0) is 38.8. The summed E-state index contributed by atoms with van der Waals surface area (Å²) >= 11 is 12.1. The first-order chi connectivity index (χ1) is 24.0. The average Bonchev–Trinajstić information content (AvgIpc) is 3.00. The standard InChI is InChI=1S/C26H21Cl2N8O13S3.Cu.4Na/c1-11(2)49-26-31-24(28)30-25(32-26)29-19-9-14(52(46,47)48)10-20(21(19)37)34-36-22(15-7-12(50(40,41)42)3-5-17(15)27)35-33-18-6-4-13(51(43,44)45)8-16(18)23(38)39;;;;;/h3-11,37H,1-2H3,(H,38,39)(H,40,41,42)(H,43,44,45)(H,46,47,48)(H,29,30,31,32);;;;;/q-1;+2;4*+1/p-5. The molecule has 3 aromatic carbocycles. The molecule has 0 saturated carbocycles. The molecule has 0 fully saturated rings. The van der Waals surface area contributed by atoms with E-state index in [2.05, 4.69) is 40.7 Å². The second kappa shape index (κ2) is 24.2. The number of hydrogen-bond acceptors (Lipinski definition) is 21. The van der Waals surface area contributed by atoms with Crippen LogP contribution < -0.4 is 138 Å². The van der Waals surface area contributed by atoms with Crippen LogP contribution in [0.1, 0.15) is 29.8 Å². The molecule has 285 valence electrons. The normalized spacial score (nSPS) is 11.4. The maximum atomic E-state index is 13.4. The number of aromatic carboxylic acids is 1. The summed E-state index contributed by atoms with van der Waals surface area (Å²) in [6, 6.07) is 4.99. The second-order valence-corrected chi connectivity index (χ2v) is 14.9. The predicted octanol–water partition coefficient (Wildman–Crippen LogP) is -9.72. The first-order valence-electron chi connectivity index (χ1n) is 13.5. The summed E-state index contributed by atoms with van der Waals surface area (Å²) in [5, 5.41) is 41.3. The van der Waals surface area contributed by atoms with Gasteiger partial charge in [-0.05, 0) is 60.7 Å². The maximum absolute atomic E-state index is 13.4. The van der Waals surface area contributed by atoms with E-state index in [1.54, 1.807) is 13.8 Å². The van der Waals surface area contributed by atoms with E-state index < -0.39 is 108 Å². The summed E-state index contributed by atoms with van der Waals surface area (Å²) in [6.45, 7) is 3.27. The van der Waals surface area contributed by atoms with Crippen LogP contribution in [-0.2, 0) is 47.4 Å². The maximum Gasteiger partial charge on any atom is 2.00 e. The van der Waals surface area contributed by atoms with Crippen LogP contribution in [0.3, 0.4) is 0 Å². The number of carboxylic acids is 1. The summed E-state index contributed by atoms with van der Waals surface area (Å²) in [5.74, 6) is -3.63. The number of carbonyl (C=O) groups excluding carboxylic acids is 1. The molecule has 0 spiro atoms. The van der Waals surface area contributed by atoms with Crippen molar-refractivity contribution in [1.29, 1.82) is 0 Å². The number of carboxylic acid groups (broad SMARTS) is 1. The van der Waals surface area contributed by atoms with Crippen molar-refractivity contribution in [1.82, 2.24) is 15.0 Å². The Morgan fingerprint density at radius 2 is 1.30 bits per heavy atom. The summed E-state index contributed by atoms with van der Waals surface area (Å²) in [6.07, 6.45) is -1.31. The van der Waals surface area contributed by atoms with Crippen molar-refractivity contribution >= 4 is 82.5 Å². The average molecular weight is 971 g/mol. The number of nitrogens with zero attached hydrogens (tertiary/aromatic N) is 7. The Hall–Kier alpha value is -0.561. The molecule has 1 N–H and O–H groups in total. The fraction of sp³-hybridized carbons (Fsp3) is 0.115. The van der Waals surface area contributed by atoms with Gasteiger partial charge in [0, 0.05) is 11.3 Å². The SMILES string of the molecule is CC(C)Oc1nc(Cl)nc(Nc2cc(S(=O)(=O)[O-])cc(N=N[C-](N=Nc3ccc(S(=O)(=O)[O-])cc3C(=O)[O-])c3cc(S(=O)(=O)[O-])ccc3Cl)c2[O-])n1.[Cu+2].[Na+].[Na+].[Na+].[Na+]. The van der Waals surface area contributed by atoms with Crippen molar-refractivity contribution in [3.8, 4) is 11.8 Å². The monoisotopic (exact) mass is 969 g/mol. The number of rotatable bonds is 13. The Morgan fingerprint density at radius 3 is 1.82 bits per heavy atom. The number of anilines is 2. The first kappa shape index (κ1) is 58.5. The zero-order valence-corrected chi connectivity index (χ0v) is 42.8. The van der Waals surface area contributed by atoms with E-state index in [1.165, 1.54) is 0 Å². The number of nitrogens with one attached hydrogen (secondary N) is 1. The van der Waals surface area contributed by atoms with Crippen LogP contribution in [-0.4, -0.2) is 65.9 Å². The molecule has 1 heterocycles. The van der Waals surface area contributed by atoms with Crippen molar-refractivity contribution < 1.29 is 194 Å². The number of azo groups is 2. The molecule has 1 aromatic heterocycles. The van der Waals surface area contributed by atoms with Crippen molar-refractivity contribution in [2.75, 3.05) is 5.32 Å². The van der Waals surface area contributed by atoms with Gasteiger partial charge in [-0.2, -0.15) is 47.0 Å². The van der Waals surface area contributed by atoms with Gasteiger partial charge in [0.1, 0.15) is 30.4 Å². The molecule has 0 aliphatic rings. The quantitative estimate of drug-likeness (QED) is 0.0563. The van der Waals surface area contributed by atoms with Crippen molar-refractivity contribution in [2.24, 2.45) is 20.5 Å².